The highest BCUT2D eigenvalue weighted by Crippen LogP contribution is 2.43. The quantitative estimate of drug-likeness (QED) is 0.339. The van der Waals surface area contributed by atoms with Gasteiger partial charge in [-0.05, 0) is 98.6 Å². The zero-order valence-electron chi connectivity index (χ0n) is 20.1. The maximum atomic E-state index is 5.90. The Morgan fingerprint density at radius 2 is 1.71 bits per heavy atom. The van der Waals surface area contributed by atoms with Gasteiger partial charge < -0.3 is 14.8 Å². The summed E-state index contributed by atoms with van der Waals surface area (Å²) in [6.45, 7) is 8.69. The van der Waals surface area contributed by atoms with Gasteiger partial charge in [0.1, 0.15) is 0 Å². The molecule has 4 aromatic rings. The van der Waals surface area contributed by atoms with Gasteiger partial charge in [0.2, 0.25) is 0 Å². The Morgan fingerprint density at radius 3 is 2.38 bits per heavy atom. The van der Waals surface area contributed by atoms with Crippen molar-refractivity contribution in [3.05, 3.63) is 113 Å². The second-order valence-corrected chi connectivity index (χ2v) is 9.40. The molecule has 172 valence electrons. The van der Waals surface area contributed by atoms with Gasteiger partial charge in [-0.1, -0.05) is 37.3 Å². The maximum Gasteiger partial charge on any atom is 0.174 e. The van der Waals surface area contributed by atoms with Crippen LogP contribution in [0.5, 0.6) is 0 Å². The molecule has 1 aliphatic rings. The molecular weight excluding hydrogens is 436 g/mol. The van der Waals surface area contributed by atoms with E-state index in [-0.39, 0.29) is 12.1 Å². The molecule has 0 saturated carbocycles. The number of hydrogen-bond acceptors (Lipinski definition) is 2. The minimum atomic E-state index is -0.0503. The zero-order valence-corrected chi connectivity index (χ0v) is 20.9. The molecule has 5 heteroatoms. The summed E-state index contributed by atoms with van der Waals surface area (Å²) >= 11 is 5.90. The lowest BCUT2D eigenvalue weighted by Crippen LogP contribution is -2.29. The van der Waals surface area contributed by atoms with Crippen molar-refractivity contribution in [3.63, 3.8) is 0 Å². The van der Waals surface area contributed by atoms with Crippen LogP contribution in [-0.2, 0) is 6.42 Å². The van der Waals surface area contributed by atoms with Crippen molar-refractivity contribution in [2.45, 2.75) is 46.2 Å². The molecule has 0 spiro atoms. The van der Waals surface area contributed by atoms with Gasteiger partial charge in [-0.2, -0.15) is 0 Å². The molecule has 1 aliphatic heterocycles. The van der Waals surface area contributed by atoms with E-state index >= 15 is 0 Å². The standard InChI is InChI=1S/C29H30N4S/c1-5-22-12-14-23(15-13-22)32-20(3)18-25(21(32)4)28-27(26-11-6-7-16-30-26)31-29(34)33(28)24-10-8-9-19(2)17-24/h6-18,27-28H,5H2,1-4H3,(H,31,34)/t27-,28-/m1/s1. The van der Waals surface area contributed by atoms with Gasteiger partial charge in [-0.3, -0.25) is 4.98 Å². The van der Waals surface area contributed by atoms with Crippen molar-refractivity contribution in [3.8, 4) is 5.69 Å². The van der Waals surface area contributed by atoms with Gasteiger partial charge in [0, 0.05) is 29.0 Å². The van der Waals surface area contributed by atoms with Crippen LogP contribution < -0.4 is 10.2 Å². The van der Waals surface area contributed by atoms with E-state index in [9.17, 15) is 0 Å². The topological polar surface area (TPSA) is 33.1 Å². The summed E-state index contributed by atoms with van der Waals surface area (Å²) < 4.78 is 2.35. The first-order valence-electron chi connectivity index (χ1n) is 11.8. The highest BCUT2D eigenvalue weighted by molar-refractivity contribution is 7.80. The van der Waals surface area contributed by atoms with Gasteiger partial charge in [0.15, 0.2) is 5.11 Å². The predicted molar refractivity (Wildman–Crippen MR) is 144 cm³/mol. The number of hydrogen-bond donors (Lipinski definition) is 1. The smallest absolute Gasteiger partial charge is 0.174 e. The number of nitrogens with zero attached hydrogens (tertiary/aromatic N) is 3. The average Bonchev–Trinajstić information content (AvgIpc) is 3.35. The Labute approximate surface area is 207 Å². The molecule has 4 nitrogen and oxygen atoms in total. The van der Waals surface area contributed by atoms with Crippen LogP contribution in [0.3, 0.4) is 0 Å². The molecule has 0 unspecified atom stereocenters. The molecule has 2 atom stereocenters. The van der Waals surface area contributed by atoms with E-state index in [1.807, 2.05) is 18.3 Å². The number of anilines is 1. The number of nitrogens with one attached hydrogen (secondary N) is 1. The molecule has 5 rings (SSSR count). The molecule has 1 saturated heterocycles. The Bertz CT molecular complexity index is 1320. The van der Waals surface area contributed by atoms with E-state index in [1.54, 1.807) is 0 Å². The molecule has 0 amide bonds. The lowest BCUT2D eigenvalue weighted by Gasteiger charge is -2.28. The van der Waals surface area contributed by atoms with Crippen LogP contribution >= 0.6 is 12.2 Å². The number of aromatic nitrogens is 2. The molecule has 0 radical (unpaired) electrons. The van der Waals surface area contributed by atoms with Crippen LogP contribution in [-0.4, -0.2) is 14.7 Å². The number of rotatable bonds is 5. The number of benzene rings is 2. The zero-order chi connectivity index (χ0) is 23.8. The maximum absolute atomic E-state index is 5.90. The lowest BCUT2D eigenvalue weighted by molar-refractivity contribution is 0.565. The van der Waals surface area contributed by atoms with E-state index in [2.05, 4.69) is 103 Å². The fraction of sp³-hybridized carbons (Fsp3) is 0.241. The lowest BCUT2D eigenvalue weighted by atomic mass is 9.96. The average molecular weight is 467 g/mol. The van der Waals surface area contributed by atoms with Gasteiger partial charge in [0.05, 0.1) is 17.8 Å². The fourth-order valence-electron chi connectivity index (χ4n) is 5.09. The minimum absolute atomic E-state index is 0.0148. The van der Waals surface area contributed by atoms with Crippen LogP contribution in [0.1, 0.15) is 52.8 Å². The van der Waals surface area contributed by atoms with Crippen LogP contribution in [0.25, 0.3) is 5.69 Å². The number of pyridine rings is 1. The van der Waals surface area contributed by atoms with Crippen LogP contribution in [0.4, 0.5) is 5.69 Å². The summed E-state index contributed by atoms with van der Waals surface area (Å²) in [5.74, 6) is 0. The summed E-state index contributed by atoms with van der Waals surface area (Å²) in [4.78, 5) is 6.96. The van der Waals surface area contributed by atoms with Gasteiger partial charge in [0.25, 0.3) is 0 Å². The van der Waals surface area contributed by atoms with Gasteiger partial charge in [-0.25, -0.2) is 0 Å². The molecule has 0 bridgehead atoms. The van der Waals surface area contributed by atoms with Crippen molar-refractivity contribution < 1.29 is 0 Å². The number of thiocarbonyl (C=S) groups is 1. The summed E-state index contributed by atoms with van der Waals surface area (Å²) in [5, 5.41) is 4.31. The van der Waals surface area contributed by atoms with Crippen molar-refractivity contribution >= 4 is 23.0 Å². The third-order valence-corrected chi connectivity index (χ3v) is 7.08. The normalized spacial score (nSPS) is 17.8. The summed E-state index contributed by atoms with van der Waals surface area (Å²) in [5.41, 5.74) is 9.50. The monoisotopic (exact) mass is 466 g/mol. The highest BCUT2D eigenvalue weighted by atomic mass is 32.1. The highest BCUT2D eigenvalue weighted by Gasteiger charge is 2.42. The van der Waals surface area contributed by atoms with E-state index in [1.165, 1.54) is 33.8 Å². The number of aryl methyl sites for hydroxylation is 3. The molecule has 1 N–H and O–H groups in total. The first kappa shape index (κ1) is 22.4. The molecular formula is C29H30N4S. The summed E-state index contributed by atoms with van der Waals surface area (Å²) in [6.07, 6.45) is 2.89. The molecule has 3 heterocycles. The largest absolute Gasteiger partial charge is 0.351 e. The van der Waals surface area contributed by atoms with Crippen LogP contribution in [0.15, 0.2) is 79.0 Å². The molecule has 2 aromatic heterocycles. The van der Waals surface area contributed by atoms with Gasteiger partial charge in [-0.15, -0.1) is 0 Å². The summed E-state index contributed by atoms with van der Waals surface area (Å²) in [6, 6.07) is 25.7. The van der Waals surface area contributed by atoms with E-state index in [0.717, 1.165) is 22.9 Å². The van der Waals surface area contributed by atoms with E-state index in [4.69, 9.17) is 17.2 Å². The van der Waals surface area contributed by atoms with E-state index < -0.39 is 0 Å². The third kappa shape index (κ3) is 3.90. The first-order chi connectivity index (χ1) is 16.5. The summed E-state index contributed by atoms with van der Waals surface area (Å²) in [7, 11) is 0. The SMILES string of the molecule is CCc1ccc(-n2c(C)cc([C@@H]3[C@@H](c4ccccn4)NC(=S)N3c3cccc(C)c3)c2C)cc1. The predicted octanol–water partition coefficient (Wildman–Crippen LogP) is 6.54. The van der Waals surface area contributed by atoms with Crippen molar-refractivity contribution in [1.82, 2.24) is 14.9 Å². The Balaban J connectivity index is 1.66. The molecule has 0 aliphatic carbocycles. The van der Waals surface area contributed by atoms with Crippen molar-refractivity contribution in [2.24, 2.45) is 0 Å². The first-order valence-corrected chi connectivity index (χ1v) is 12.2. The van der Waals surface area contributed by atoms with Crippen LogP contribution in [0, 0.1) is 20.8 Å². The minimum Gasteiger partial charge on any atom is -0.351 e. The van der Waals surface area contributed by atoms with Crippen molar-refractivity contribution in [1.29, 1.82) is 0 Å². The van der Waals surface area contributed by atoms with E-state index in [0.29, 0.717) is 0 Å². The van der Waals surface area contributed by atoms with Crippen molar-refractivity contribution in [2.75, 3.05) is 4.90 Å². The second kappa shape index (κ2) is 9.07. The molecule has 1 fully saturated rings. The molecule has 34 heavy (non-hydrogen) atoms. The second-order valence-electron chi connectivity index (χ2n) is 9.02. The Morgan fingerprint density at radius 1 is 0.912 bits per heavy atom. The van der Waals surface area contributed by atoms with Crippen LogP contribution in [0.2, 0.25) is 0 Å². The Hall–Kier alpha value is -3.44. The Kier molecular flexibility index (Phi) is 5.96. The molecule has 2 aromatic carbocycles. The van der Waals surface area contributed by atoms with Gasteiger partial charge >= 0.3 is 0 Å². The fourth-order valence-corrected chi connectivity index (χ4v) is 5.44. The third-order valence-electron chi connectivity index (χ3n) is 6.77.